The van der Waals surface area contributed by atoms with Gasteiger partial charge in [0.25, 0.3) is 0 Å². The Hall–Kier alpha value is -0.580. The highest BCUT2D eigenvalue weighted by Gasteiger charge is 2.46. The van der Waals surface area contributed by atoms with Crippen LogP contribution in [0.25, 0.3) is 0 Å². The molecule has 1 fully saturated rings. The van der Waals surface area contributed by atoms with Crippen LogP contribution in [-0.4, -0.2) is 23.2 Å². The molecular formula is C8H11F3O2. The number of ketones is 1. The average Bonchev–Trinajstić information content (AvgIpc) is 2.02. The van der Waals surface area contributed by atoms with E-state index in [1.54, 1.807) is 0 Å². The number of Topliss-reactive ketones (excluding diaryl/α,β-unsaturated/α-hetero) is 1. The van der Waals surface area contributed by atoms with E-state index in [1.807, 2.05) is 0 Å². The van der Waals surface area contributed by atoms with Crippen molar-refractivity contribution in [2.75, 3.05) is 0 Å². The van der Waals surface area contributed by atoms with Crippen molar-refractivity contribution in [1.82, 2.24) is 0 Å². The summed E-state index contributed by atoms with van der Waals surface area (Å²) >= 11 is 0. The molecule has 0 aromatic carbocycles. The van der Waals surface area contributed by atoms with Crippen LogP contribution < -0.4 is 0 Å². The number of carbonyl (C=O) groups excluding carboxylic acids is 1. The molecule has 2 nitrogen and oxygen atoms in total. The monoisotopic (exact) mass is 196 g/mol. The first-order valence-electron chi connectivity index (χ1n) is 4.20. The highest BCUT2D eigenvalue weighted by atomic mass is 19.4. The van der Waals surface area contributed by atoms with Gasteiger partial charge < -0.3 is 5.11 Å². The zero-order valence-corrected chi connectivity index (χ0v) is 6.97. The number of aliphatic hydroxyl groups is 1. The minimum Gasteiger partial charge on any atom is -0.383 e. The Bertz CT molecular complexity index is 200. The van der Waals surface area contributed by atoms with Crippen molar-refractivity contribution in [3.05, 3.63) is 0 Å². The average molecular weight is 196 g/mol. The van der Waals surface area contributed by atoms with Crippen molar-refractivity contribution in [1.29, 1.82) is 0 Å². The maximum atomic E-state index is 12.0. The molecule has 0 heterocycles. The molecule has 5 heteroatoms. The highest BCUT2D eigenvalue weighted by molar-refractivity contribution is 5.82. The van der Waals surface area contributed by atoms with Crippen molar-refractivity contribution in [2.24, 2.45) is 5.92 Å². The fourth-order valence-electron chi connectivity index (χ4n) is 1.57. The first-order chi connectivity index (χ1) is 5.93. The van der Waals surface area contributed by atoms with Crippen LogP contribution in [-0.2, 0) is 4.79 Å². The van der Waals surface area contributed by atoms with Gasteiger partial charge in [0.05, 0.1) is 5.92 Å². The minimum atomic E-state index is -4.67. The molecule has 0 aromatic rings. The quantitative estimate of drug-likeness (QED) is 0.692. The molecule has 0 aliphatic heterocycles. The Balaban J connectivity index is 2.64. The molecule has 0 radical (unpaired) electrons. The van der Waals surface area contributed by atoms with Gasteiger partial charge in [0.1, 0.15) is 5.78 Å². The molecule has 0 saturated heterocycles. The Labute approximate surface area is 73.7 Å². The normalized spacial score (nSPS) is 27.4. The topological polar surface area (TPSA) is 37.3 Å². The molecule has 0 amide bonds. The summed E-state index contributed by atoms with van der Waals surface area (Å²) in [4.78, 5) is 11.0. The van der Waals surface area contributed by atoms with Crippen LogP contribution >= 0.6 is 0 Å². The van der Waals surface area contributed by atoms with E-state index in [-0.39, 0.29) is 12.8 Å². The lowest BCUT2D eigenvalue weighted by Crippen LogP contribution is -2.41. The Kier molecular flexibility index (Phi) is 2.95. The van der Waals surface area contributed by atoms with Crippen molar-refractivity contribution >= 4 is 5.78 Å². The Morgan fingerprint density at radius 1 is 1.38 bits per heavy atom. The third-order valence-corrected chi connectivity index (χ3v) is 2.32. The van der Waals surface area contributed by atoms with Gasteiger partial charge in [-0.2, -0.15) is 13.2 Å². The first-order valence-corrected chi connectivity index (χ1v) is 4.20. The standard InChI is InChI=1S/C8H11F3O2/c9-8(10,11)7(13)5-3-1-2-4-6(5)12/h5,7,13H,1-4H2/t5-,7-/m1/s1. The van der Waals surface area contributed by atoms with Gasteiger partial charge in [-0.3, -0.25) is 4.79 Å². The molecule has 1 N–H and O–H groups in total. The lowest BCUT2D eigenvalue weighted by molar-refractivity contribution is -0.220. The van der Waals surface area contributed by atoms with Crippen LogP contribution in [0.5, 0.6) is 0 Å². The number of hydrogen-bond acceptors (Lipinski definition) is 2. The van der Waals surface area contributed by atoms with E-state index in [2.05, 4.69) is 0 Å². The SMILES string of the molecule is O=C1CCCC[C@H]1[C@@H](O)C(F)(F)F. The summed E-state index contributed by atoms with van der Waals surface area (Å²) in [6.07, 6.45) is -5.60. The summed E-state index contributed by atoms with van der Waals surface area (Å²) in [6, 6.07) is 0. The van der Waals surface area contributed by atoms with E-state index in [4.69, 9.17) is 5.11 Å². The molecule has 76 valence electrons. The van der Waals surface area contributed by atoms with Crippen LogP contribution in [0.3, 0.4) is 0 Å². The third-order valence-electron chi connectivity index (χ3n) is 2.32. The second-order valence-corrected chi connectivity index (χ2v) is 3.31. The summed E-state index contributed by atoms with van der Waals surface area (Å²) in [5.41, 5.74) is 0. The molecule has 1 aliphatic rings. The summed E-state index contributed by atoms with van der Waals surface area (Å²) in [6.45, 7) is 0. The van der Waals surface area contributed by atoms with Crippen LogP contribution in [0.4, 0.5) is 13.2 Å². The van der Waals surface area contributed by atoms with Crippen molar-refractivity contribution < 1.29 is 23.1 Å². The van der Waals surface area contributed by atoms with Gasteiger partial charge in [0.2, 0.25) is 0 Å². The molecule has 1 saturated carbocycles. The van der Waals surface area contributed by atoms with Gasteiger partial charge in [-0.05, 0) is 12.8 Å². The number of aliphatic hydroxyl groups excluding tert-OH is 1. The second kappa shape index (κ2) is 3.65. The molecule has 1 aliphatic carbocycles. The lowest BCUT2D eigenvalue weighted by atomic mass is 9.84. The van der Waals surface area contributed by atoms with Crippen LogP contribution in [0.1, 0.15) is 25.7 Å². The first kappa shape index (κ1) is 10.5. The van der Waals surface area contributed by atoms with Crippen molar-refractivity contribution in [3.8, 4) is 0 Å². The summed E-state index contributed by atoms with van der Waals surface area (Å²) in [7, 11) is 0. The molecule has 0 spiro atoms. The molecule has 13 heavy (non-hydrogen) atoms. The Morgan fingerprint density at radius 2 is 2.00 bits per heavy atom. The summed E-state index contributed by atoms with van der Waals surface area (Å²) in [5, 5.41) is 8.84. The molecule has 2 atom stereocenters. The molecule has 0 aromatic heterocycles. The largest absolute Gasteiger partial charge is 0.415 e. The zero-order chi connectivity index (χ0) is 10.1. The van der Waals surface area contributed by atoms with Crippen LogP contribution in [0.15, 0.2) is 0 Å². The van der Waals surface area contributed by atoms with Gasteiger partial charge in [-0.1, -0.05) is 6.42 Å². The van der Waals surface area contributed by atoms with E-state index >= 15 is 0 Å². The number of alkyl halides is 3. The maximum Gasteiger partial charge on any atom is 0.415 e. The van der Waals surface area contributed by atoms with E-state index in [0.29, 0.717) is 12.8 Å². The van der Waals surface area contributed by atoms with E-state index in [0.717, 1.165) is 0 Å². The number of halogens is 3. The molecule has 0 unspecified atom stereocenters. The van der Waals surface area contributed by atoms with Crippen LogP contribution in [0.2, 0.25) is 0 Å². The zero-order valence-electron chi connectivity index (χ0n) is 6.97. The number of hydrogen-bond donors (Lipinski definition) is 1. The highest BCUT2D eigenvalue weighted by Crippen LogP contribution is 2.32. The van der Waals surface area contributed by atoms with Gasteiger partial charge in [-0.15, -0.1) is 0 Å². The minimum absolute atomic E-state index is 0.152. The maximum absolute atomic E-state index is 12.0. The fraction of sp³-hybridized carbons (Fsp3) is 0.875. The van der Waals surface area contributed by atoms with Crippen LogP contribution in [0, 0.1) is 5.92 Å². The molecule has 0 bridgehead atoms. The lowest BCUT2D eigenvalue weighted by Gasteiger charge is -2.26. The van der Waals surface area contributed by atoms with Crippen molar-refractivity contribution in [3.63, 3.8) is 0 Å². The van der Waals surface area contributed by atoms with Gasteiger partial charge in [0.15, 0.2) is 6.10 Å². The Morgan fingerprint density at radius 3 is 2.46 bits per heavy atom. The van der Waals surface area contributed by atoms with E-state index in [9.17, 15) is 18.0 Å². The van der Waals surface area contributed by atoms with Gasteiger partial charge >= 0.3 is 6.18 Å². The van der Waals surface area contributed by atoms with E-state index in [1.165, 1.54) is 0 Å². The predicted molar refractivity (Wildman–Crippen MR) is 39.0 cm³/mol. The fourth-order valence-corrected chi connectivity index (χ4v) is 1.57. The molecule has 1 rings (SSSR count). The second-order valence-electron chi connectivity index (χ2n) is 3.31. The number of rotatable bonds is 1. The molecular weight excluding hydrogens is 185 g/mol. The smallest absolute Gasteiger partial charge is 0.383 e. The predicted octanol–water partition coefficient (Wildman–Crippen LogP) is 1.67. The van der Waals surface area contributed by atoms with Gasteiger partial charge in [-0.25, -0.2) is 0 Å². The van der Waals surface area contributed by atoms with E-state index < -0.39 is 24.0 Å². The summed E-state index contributed by atoms with van der Waals surface area (Å²) < 4.78 is 36.0. The summed E-state index contributed by atoms with van der Waals surface area (Å²) in [5.74, 6) is -1.69. The number of carbonyl (C=O) groups is 1. The third kappa shape index (κ3) is 2.43. The van der Waals surface area contributed by atoms with Crippen molar-refractivity contribution in [2.45, 2.75) is 38.0 Å². The van der Waals surface area contributed by atoms with Gasteiger partial charge in [0, 0.05) is 6.42 Å².